The Morgan fingerprint density at radius 2 is 2.00 bits per heavy atom. The first kappa shape index (κ1) is 17.5. The Morgan fingerprint density at radius 1 is 1.33 bits per heavy atom. The van der Waals surface area contributed by atoms with Crippen LogP contribution in [0.15, 0.2) is 22.7 Å². The Morgan fingerprint density at radius 3 is 2.52 bits per heavy atom. The zero-order valence-electron chi connectivity index (χ0n) is 12.4. The molecule has 0 radical (unpaired) electrons. The van der Waals surface area contributed by atoms with Gasteiger partial charge in [0.15, 0.2) is 0 Å². The number of carboxylic acids is 1. The lowest BCUT2D eigenvalue weighted by molar-refractivity contribution is -0.139. The molecule has 0 saturated carbocycles. The maximum Gasteiger partial charge on any atom is 0.326 e. The van der Waals surface area contributed by atoms with E-state index in [-0.39, 0.29) is 5.92 Å². The molecule has 1 rings (SSSR count). The van der Waals surface area contributed by atoms with E-state index in [0.29, 0.717) is 12.1 Å². The molecule has 1 aromatic carbocycles. The van der Waals surface area contributed by atoms with Crippen LogP contribution in [-0.4, -0.2) is 23.1 Å². The summed E-state index contributed by atoms with van der Waals surface area (Å²) >= 11 is 3.38. The van der Waals surface area contributed by atoms with Gasteiger partial charge in [0, 0.05) is 10.2 Å². The number of aryl methyl sites for hydroxylation is 1. The second-order valence-corrected chi connectivity index (χ2v) is 6.19. The fourth-order valence-electron chi connectivity index (χ4n) is 1.99. The Hall–Kier alpha value is -1.56. The van der Waals surface area contributed by atoms with Crippen molar-refractivity contribution in [2.75, 3.05) is 5.32 Å². The highest BCUT2D eigenvalue weighted by atomic mass is 79.9. The average Bonchev–Trinajstić information content (AvgIpc) is 2.39. The number of urea groups is 1. The van der Waals surface area contributed by atoms with Crippen LogP contribution in [0, 0.1) is 5.92 Å². The number of hydrogen-bond acceptors (Lipinski definition) is 2. The predicted octanol–water partition coefficient (Wildman–Crippen LogP) is 3.63. The van der Waals surface area contributed by atoms with Crippen molar-refractivity contribution in [2.45, 2.75) is 39.7 Å². The van der Waals surface area contributed by atoms with E-state index in [0.717, 1.165) is 16.5 Å². The third-order valence-corrected chi connectivity index (χ3v) is 3.50. The molecule has 5 nitrogen and oxygen atoms in total. The van der Waals surface area contributed by atoms with Crippen LogP contribution >= 0.6 is 15.9 Å². The molecule has 0 heterocycles. The first-order valence-electron chi connectivity index (χ1n) is 6.92. The van der Waals surface area contributed by atoms with Crippen LogP contribution in [0.3, 0.4) is 0 Å². The van der Waals surface area contributed by atoms with Crippen LogP contribution in [0.25, 0.3) is 0 Å². The molecule has 1 aromatic rings. The zero-order chi connectivity index (χ0) is 16.0. The third-order valence-electron chi connectivity index (χ3n) is 3.01. The molecule has 116 valence electrons. The highest BCUT2D eigenvalue weighted by Crippen LogP contribution is 2.21. The van der Waals surface area contributed by atoms with E-state index in [9.17, 15) is 9.59 Å². The summed E-state index contributed by atoms with van der Waals surface area (Å²) in [5.74, 6) is -0.837. The van der Waals surface area contributed by atoms with Crippen molar-refractivity contribution in [1.82, 2.24) is 5.32 Å². The molecular weight excluding hydrogens is 336 g/mol. The van der Waals surface area contributed by atoms with E-state index >= 15 is 0 Å². The molecule has 0 aromatic heterocycles. The van der Waals surface area contributed by atoms with Gasteiger partial charge in [0.2, 0.25) is 0 Å². The van der Waals surface area contributed by atoms with E-state index in [1.807, 2.05) is 32.9 Å². The molecule has 3 N–H and O–H groups in total. The quantitative estimate of drug-likeness (QED) is 0.727. The van der Waals surface area contributed by atoms with Crippen LogP contribution in [0.2, 0.25) is 0 Å². The maximum atomic E-state index is 12.0. The second-order valence-electron chi connectivity index (χ2n) is 5.27. The fraction of sp³-hybridized carbons (Fsp3) is 0.467. The van der Waals surface area contributed by atoms with E-state index in [2.05, 4.69) is 26.6 Å². The molecule has 0 aliphatic carbocycles. The molecule has 6 heteroatoms. The van der Waals surface area contributed by atoms with Gasteiger partial charge in [-0.15, -0.1) is 0 Å². The number of rotatable bonds is 6. The molecule has 1 atom stereocenters. The van der Waals surface area contributed by atoms with Crippen molar-refractivity contribution in [2.24, 2.45) is 5.92 Å². The lowest BCUT2D eigenvalue weighted by Gasteiger charge is -2.18. The first-order valence-corrected chi connectivity index (χ1v) is 7.71. The van der Waals surface area contributed by atoms with Crippen molar-refractivity contribution in [3.05, 3.63) is 28.2 Å². The van der Waals surface area contributed by atoms with Crippen molar-refractivity contribution in [3.63, 3.8) is 0 Å². The summed E-state index contributed by atoms with van der Waals surface area (Å²) in [7, 11) is 0. The molecule has 0 bridgehead atoms. The second kappa shape index (κ2) is 8.02. The van der Waals surface area contributed by atoms with Gasteiger partial charge in [-0.3, -0.25) is 0 Å². The van der Waals surface area contributed by atoms with Crippen molar-refractivity contribution in [1.29, 1.82) is 0 Å². The number of anilines is 1. The molecule has 2 amide bonds. The number of carbonyl (C=O) groups is 2. The molecule has 0 aliphatic rings. The summed E-state index contributed by atoms with van der Waals surface area (Å²) < 4.78 is 0.938. The molecule has 21 heavy (non-hydrogen) atoms. The average molecular weight is 357 g/mol. The van der Waals surface area contributed by atoms with Gasteiger partial charge in [0.25, 0.3) is 0 Å². The highest BCUT2D eigenvalue weighted by molar-refractivity contribution is 9.10. The molecule has 0 aliphatic heterocycles. The summed E-state index contributed by atoms with van der Waals surface area (Å²) in [6.45, 7) is 5.82. The van der Waals surface area contributed by atoms with Crippen LogP contribution in [0.5, 0.6) is 0 Å². The van der Waals surface area contributed by atoms with Gasteiger partial charge in [-0.2, -0.15) is 0 Å². The first-order chi connectivity index (χ1) is 9.83. The lowest BCUT2D eigenvalue weighted by Crippen LogP contribution is -2.43. The summed E-state index contributed by atoms with van der Waals surface area (Å²) in [6.07, 6.45) is 1.16. The van der Waals surface area contributed by atoms with Gasteiger partial charge in [0.1, 0.15) is 6.04 Å². The monoisotopic (exact) mass is 356 g/mol. The predicted molar refractivity (Wildman–Crippen MR) is 86.6 cm³/mol. The van der Waals surface area contributed by atoms with Gasteiger partial charge in [0.05, 0.1) is 0 Å². The topological polar surface area (TPSA) is 78.4 Å². The van der Waals surface area contributed by atoms with Crippen molar-refractivity contribution >= 4 is 33.6 Å². The van der Waals surface area contributed by atoms with Gasteiger partial charge in [-0.05, 0) is 42.5 Å². The number of benzene rings is 1. The number of aliphatic carboxylic acids is 1. The third kappa shape index (κ3) is 5.75. The number of nitrogens with one attached hydrogen (secondary N) is 2. The number of hydrogen-bond donors (Lipinski definition) is 3. The number of amides is 2. The van der Waals surface area contributed by atoms with Gasteiger partial charge in [-0.1, -0.05) is 36.7 Å². The molecule has 0 spiro atoms. The standard InChI is InChI=1S/C15H21BrN2O3/c1-4-10-8-11(16)5-6-12(10)17-15(21)18-13(14(19)20)7-9(2)3/h5-6,8-9,13H,4,7H2,1-3H3,(H,19,20)(H2,17,18,21)/t13-/m1/s1. The van der Waals surface area contributed by atoms with Gasteiger partial charge < -0.3 is 15.7 Å². The van der Waals surface area contributed by atoms with E-state index in [1.165, 1.54) is 0 Å². The van der Waals surface area contributed by atoms with E-state index in [4.69, 9.17) is 5.11 Å². The Balaban J connectivity index is 2.74. The van der Waals surface area contributed by atoms with Gasteiger partial charge >= 0.3 is 12.0 Å². The normalized spacial score (nSPS) is 12.0. The largest absolute Gasteiger partial charge is 0.480 e. The summed E-state index contributed by atoms with van der Waals surface area (Å²) in [4.78, 5) is 23.1. The lowest BCUT2D eigenvalue weighted by atomic mass is 10.0. The minimum absolute atomic E-state index is 0.185. The summed E-state index contributed by atoms with van der Waals surface area (Å²) in [5.41, 5.74) is 1.67. The zero-order valence-corrected chi connectivity index (χ0v) is 14.0. The number of halogens is 1. The van der Waals surface area contributed by atoms with Crippen molar-refractivity contribution < 1.29 is 14.7 Å². The van der Waals surface area contributed by atoms with Crippen molar-refractivity contribution in [3.8, 4) is 0 Å². The highest BCUT2D eigenvalue weighted by Gasteiger charge is 2.21. The maximum absolute atomic E-state index is 12.0. The molecular formula is C15H21BrN2O3. The van der Waals surface area contributed by atoms with Crippen LogP contribution in [0.1, 0.15) is 32.8 Å². The fourth-order valence-corrected chi connectivity index (χ4v) is 2.39. The minimum atomic E-state index is -1.02. The van der Waals surface area contributed by atoms with Gasteiger partial charge in [-0.25, -0.2) is 9.59 Å². The van der Waals surface area contributed by atoms with E-state index in [1.54, 1.807) is 6.07 Å². The smallest absolute Gasteiger partial charge is 0.326 e. The van der Waals surface area contributed by atoms with Crippen LogP contribution < -0.4 is 10.6 Å². The van der Waals surface area contributed by atoms with Crippen LogP contribution in [0.4, 0.5) is 10.5 Å². The Kier molecular flexibility index (Phi) is 6.68. The molecule has 0 fully saturated rings. The minimum Gasteiger partial charge on any atom is -0.480 e. The Labute approximate surface area is 133 Å². The number of carbonyl (C=O) groups excluding carboxylic acids is 1. The van der Waals surface area contributed by atoms with E-state index < -0.39 is 18.0 Å². The Bertz CT molecular complexity index is 518. The number of carboxylic acid groups (broad SMARTS) is 1. The molecule has 0 unspecified atom stereocenters. The SMILES string of the molecule is CCc1cc(Br)ccc1NC(=O)N[C@H](CC(C)C)C(=O)O. The van der Waals surface area contributed by atoms with Crippen LogP contribution in [-0.2, 0) is 11.2 Å². The molecule has 0 saturated heterocycles. The summed E-state index contributed by atoms with van der Waals surface area (Å²) in [6, 6.07) is 4.17. The summed E-state index contributed by atoms with van der Waals surface area (Å²) in [5, 5.41) is 14.3.